The minimum Gasteiger partial charge on any atom is -0.350 e. The fourth-order valence-corrected chi connectivity index (χ4v) is 2.50. The van der Waals surface area contributed by atoms with Crippen LogP contribution >= 0.6 is 0 Å². The second-order valence-electron chi connectivity index (χ2n) is 5.74. The number of benzene rings is 2. The van der Waals surface area contributed by atoms with Gasteiger partial charge in [-0.15, -0.1) is 0 Å². The van der Waals surface area contributed by atoms with Crippen molar-refractivity contribution in [3.05, 3.63) is 71.8 Å². The summed E-state index contributed by atoms with van der Waals surface area (Å²) in [7, 11) is 0. The number of nitrogens with zero attached hydrogens (tertiary/aromatic N) is 1. The lowest BCUT2D eigenvalue weighted by molar-refractivity contribution is -0.140. The van der Waals surface area contributed by atoms with E-state index in [0.717, 1.165) is 11.1 Å². The van der Waals surface area contributed by atoms with E-state index >= 15 is 0 Å². The van der Waals surface area contributed by atoms with Crippen LogP contribution in [0.5, 0.6) is 0 Å². The van der Waals surface area contributed by atoms with E-state index in [9.17, 15) is 9.59 Å². The lowest BCUT2D eigenvalue weighted by Crippen LogP contribution is -2.47. The molecule has 0 aromatic heterocycles. The molecule has 1 N–H and O–H groups in total. The Bertz CT molecular complexity index is 656. The van der Waals surface area contributed by atoms with Crippen molar-refractivity contribution in [1.29, 1.82) is 0 Å². The van der Waals surface area contributed by atoms with Crippen molar-refractivity contribution in [3.63, 3.8) is 0 Å². The van der Waals surface area contributed by atoms with Crippen LogP contribution in [-0.2, 0) is 22.7 Å². The number of hydrogen-bond acceptors (Lipinski definition) is 2. The maximum absolute atomic E-state index is 12.5. The highest BCUT2D eigenvalue weighted by Crippen LogP contribution is 2.11. The molecule has 2 aromatic carbocycles. The van der Waals surface area contributed by atoms with E-state index in [2.05, 4.69) is 5.32 Å². The van der Waals surface area contributed by atoms with Crippen LogP contribution in [-0.4, -0.2) is 22.8 Å². The van der Waals surface area contributed by atoms with Crippen LogP contribution in [0.15, 0.2) is 60.7 Å². The van der Waals surface area contributed by atoms with E-state index in [1.807, 2.05) is 67.6 Å². The molecule has 2 rings (SSSR count). The molecule has 0 aliphatic rings. The maximum atomic E-state index is 12.5. The Hall–Kier alpha value is -2.62. The summed E-state index contributed by atoms with van der Waals surface area (Å²) in [5, 5.41) is 2.91. The van der Waals surface area contributed by atoms with Gasteiger partial charge in [-0.05, 0) is 18.1 Å². The normalized spacial score (nSPS) is 11.6. The van der Waals surface area contributed by atoms with Crippen LogP contribution in [0, 0.1) is 0 Å². The second kappa shape index (κ2) is 8.87. The molecule has 0 aliphatic heterocycles. The number of amides is 2. The zero-order chi connectivity index (χ0) is 17.4. The second-order valence-corrected chi connectivity index (χ2v) is 5.74. The molecule has 24 heavy (non-hydrogen) atoms. The molecule has 126 valence electrons. The Morgan fingerprint density at radius 2 is 1.50 bits per heavy atom. The van der Waals surface area contributed by atoms with E-state index in [1.54, 1.807) is 11.8 Å². The van der Waals surface area contributed by atoms with Gasteiger partial charge >= 0.3 is 0 Å². The Kier molecular flexibility index (Phi) is 6.55. The first-order valence-corrected chi connectivity index (χ1v) is 8.26. The predicted molar refractivity (Wildman–Crippen MR) is 95.0 cm³/mol. The fourth-order valence-electron chi connectivity index (χ4n) is 2.50. The molecule has 0 bridgehead atoms. The molecule has 0 fully saturated rings. The first-order valence-electron chi connectivity index (χ1n) is 8.26. The van der Waals surface area contributed by atoms with Crippen LogP contribution < -0.4 is 5.32 Å². The number of nitrogens with one attached hydrogen (secondary N) is 1. The average Bonchev–Trinajstić information content (AvgIpc) is 2.64. The van der Waals surface area contributed by atoms with E-state index < -0.39 is 6.04 Å². The first-order chi connectivity index (χ1) is 11.6. The number of hydrogen-bond donors (Lipinski definition) is 1. The van der Waals surface area contributed by atoms with Crippen LogP contribution in [0.2, 0.25) is 0 Å². The highest BCUT2D eigenvalue weighted by molar-refractivity contribution is 5.87. The number of carbonyl (C=O) groups excluding carboxylic acids is 2. The van der Waals surface area contributed by atoms with Gasteiger partial charge in [-0.2, -0.15) is 0 Å². The van der Waals surface area contributed by atoms with Crippen LogP contribution in [0.1, 0.15) is 31.4 Å². The summed E-state index contributed by atoms with van der Waals surface area (Å²) in [5.74, 6) is -0.169. The van der Waals surface area contributed by atoms with Gasteiger partial charge in [0.05, 0.1) is 0 Å². The predicted octanol–water partition coefficient (Wildman–Crippen LogP) is 3.13. The fraction of sp³-hybridized carbons (Fsp3) is 0.300. The van der Waals surface area contributed by atoms with Gasteiger partial charge in [0.25, 0.3) is 0 Å². The molecule has 0 unspecified atom stereocenters. The monoisotopic (exact) mass is 324 g/mol. The zero-order valence-electron chi connectivity index (χ0n) is 14.2. The average molecular weight is 324 g/mol. The maximum Gasteiger partial charge on any atom is 0.242 e. The molecule has 0 heterocycles. The van der Waals surface area contributed by atoms with Gasteiger partial charge < -0.3 is 10.2 Å². The van der Waals surface area contributed by atoms with Gasteiger partial charge in [-0.3, -0.25) is 9.59 Å². The van der Waals surface area contributed by atoms with Crippen LogP contribution in [0.4, 0.5) is 0 Å². The third-order valence-electron chi connectivity index (χ3n) is 3.98. The molecule has 2 aromatic rings. The van der Waals surface area contributed by atoms with Crippen LogP contribution in [0.25, 0.3) is 0 Å². The minimum absolute atomic E-state index is 0.0267. The molecule has 1 atom stereocenters. The molecular weight excluding hydrogens is 300 g/mol. The smallest absolute Gasteiger partial charge is 0.242 e. The molecule has 0 spiro atoms. The summed E-state index contributed by atoms with van der Waals surface area (Å²) in [5.41, 5.74) is 2.05. The van der Waals surface area contributed by atoms with E-state index in [0.29, 0.717) is 19.5 Å². The van der Waals surface area contributed by atoms with Crippen molar-refractivity contribution in [2.75, 3.05) is 0 Å². The van der Waals surface area contributed by atoms with Gasteiger partial charge in [0.2, 0.25) is 11.8 Å². The van der Waals surface area contributed by atoms with Gasteiger partial charge in [0.15, 0.2) is 0 Å². The topological polar surface area (TPSA) is 49.4 Å². The summed E-state index contributed by atoms with van der Waals surface area (Å²) < 4.78 is 0. The van der Waals surface area contributed by atoms with Crippen molar-refractivity contribution in [2.45, 2.75) is 39.4 Å². The van der Waals surface area contributed by atoms with Crippen molar-refractivity contribution in [2.24, 2.45) is 0 Å². The van der Waals surface area contributed by atoms with Gasteiger partial charge in [-0.25, -0.2) is 0 Å². The Morgan fingerprint density at radius 1 is 0.958 bits per heavy atom. The van der Waals surface area contributed by atoms with E-state index in [4.69, 9.17) is 0 Å². The largest absolute Gasteiger partial charge is 0.350 e. The molecule has 0 saturated carbocycles. The number of rotatable bonds is 7. The van der Waals surface area contributed by atoms with Gasteiger partial charge in [0, 0.05) is 19.5 Å². The van der Waals surface area contributed by atoms with Gasteiger partial charge in [-0.1, -0.05) is 67.6 Å². The molecule has 2 amide bonds. The van der Waals surface area contributed by atoms with Crippen molar-refractivity contribution >= 4 is 11.8 Å². The van der Waals surface area contributed by atoms with E-state index in [1.165, 1.54) is 0 Å². The van der Waals surface area contributed by atoms with Gasteiger partial charge in [0.1, 0.15) is 6.04 Å². The summed E-state index contributed by atoms with van der Waals surface area (Å²) in [6.45, 7) is 4.49. The zero-order valence-corrected chi connectivity index (χ0v) is 14.2. The molecule has 0 radical (unpaired) electrons. The standard InChI is InChI=1S/C20H24N2O2/c1-3-19(23)22(15-18-12-8-5-9-13-18)16(2)20(24)21-14-17-10-6-4-7-11-17/h4-13,16H,3,14-15H2,1-2H3,(H,21,24)/t16-/m1/s1. The lowest BCUT2D eigenvalue weighted by Gasteiger charge is -2.28. The Labute approximate surface area is 143 Å². The molecule has 0 saturated heterocycles. The van der Waals surface area contributed by atoms with Crippen molar-refractivity contribution in [1.82, 2.24) is 10.2 Å². The molecular formula is C20H24N2O2. The minimum atomic E-state index is -0.513. The lowest BCUT2D eigenvalue weighted by atomic mass is 10.1. The Balaban J connectivity index is 2.02. The Morgan fingerprint density at radius 3 is 2.04 bits per heavy atom. The SMILES string of the molecule is CCC(=O)N(Cc1ccccc1)[C@H](C)C(=O)NCc1ccccc1. The summed E-state index contributed by atoms with van der Waals surface area (Å²) in [6, 6.07) is 19.0. The third-order valence-corrected chi connectivity index (χ3v) is 3.98. The highest BCUT2D eigenvalue weighted by atomic mass is 16.2. The molecule has 4 nitrogen and oxygen atoms in total. The summed E-state index contributed by atoms with van der Waals surface area (Å²) in [6.07, 6.45) is 0.378. The van der Waals surface area contributed by atoms with Crippen LogP contribution in [0.3, 0.4) is 0 Å². The third kappa shape index (κ3) is 4.95. The van der Waals surface area contributed by atoms with Crippen molar-refractivity contribution in [3.8, 4) is 0 Å². The van der Waals surface area contributed by atoms with E-state index in [-0.39, 0.29) is 11.8 Å². The van der Waals surface area contributed by atoms with Crippen molar-refractivity contribution < 1.29 is 9.59 Å². The first kappa shape index (κ1) is 17.7. The number of carbonyl (C=O) groups is 2. The summed E-state index contributed by atoms with van der Waals surface area (Å²) >= 11 is 0. The quantitative estimate of drug-likeness (QED) is 0.850. The summed E-state index contributed by atoms with van der Waals surface area (Å²) in [4.78, 5) is 26.4. The molecule has 4 heteroatoms. The highest BCUT2D eigenvalue weighted by Gasteiger charge is 2.24. The molecule has 0 aliphatic carbocycles.